The molecule has 0 bridgehead atoms. The highest BCUT2D eigenvalue weighted by molar-refractivity contribution is 5.80. The molecule has 168 valence electrons. The summed E-state index contributed by atoms with van der Waals surface area (Å²) >= 11 is 0. The van der Waals surface area contributed by atoms with Crippen molar-refractivity contribution >= 4 is 5.96 Å². The van der Waals surface area contributed by atoms with Crippen LogP contribution < -0.4 is 5.32 Å². The topological polar surface area (TPSA) is 67.6 Å². The second kappa shape index (κ2) is 9.96. The van der Waals surface area contributed by atoms with Gasteiger partial charge in [0.25, 0.3) is 0 Å². The van der Waals surface area contributed by atoms with Gasteiger partial charge in [-0.05, 0) is 37.5 Å². The van der Waals surface area contributed by atoms with Gasteiger partial charge in [0.05, 0.1) is 26.2 Å². The molecule has 1 unspecified atom stereocenters. The molecule has 1 N–H and O–H groups in total. The summed E-state index contributed by atoms with van der Waals surface area (Å²) in [6.07, 6.45) is 0.0187. The van der Waals surface area contributed by atoms with E-state index in [1.54, 1.807) is 0 Å². The lowest BCUT2D eigenvalue weighted by molar-refractivity contribution is -0.00842. The number of nitrogens with zero attached hydrogens (tertiary/aromatic N) is 5. The molecule has 3 aromatic rings. The third kappa shape index (κ3) is 5.16. The van der Waals surface area contributed by atoms with E-state index in [1.165, 1.54) is 22.3 Å². The van der Waals surface area contributed by atoms with Crippen molar-refractivity contribution in [3.05, 3.63) is 82.4 Å². The Morgan fingerprint density at radius 3 is 2.66 bits per heavy atom. The van der Waals surface area contributed by atoms with Crippen LogP contribution in [0.2, 0.25) is 0 Å². The Labute approximate surface area is 190 Å². The van der Waals surface area contributed by atoms with Crippen LogP contribution in [0.4, 0.5) is 0 Å². The average Bonchev–Trinajstić information content (AvgIpc) is 3.12. The first kappa shape index (κ1) is 22.0. The van der Waals surface area contributed by atoms with Gasteiger partial charge in [-0.25, -0.2) is 4.99 Å². The predicted molar refractivity (Wildman–Crippen MR) is 126 cm³/mol. The van der Waals surface area contributed by atoms with Crippen LogP contribution in [0, 0.1) is 20.8 Å². The second-order valence-electron chi connectivity index (χ2n) is 8.37. The molecule has 32 heavy (non-hydrogen) atoms. The standard InChI is InChI=1S/C25H32N6O/c1-18-10-11-22(19(2)14-18)23-17-31(12-13-32-23)25(26-15-21-8-6-5-7-9-21)27-16-24-29-28-20(3)30(24)4/h5-11,14,23H,12-13,15-17H2,1-4H3,(H,26,27). The van der Waals surface area contributed by atoms with E-state index in [4.69, 9.17) is 9.73 Å². The average molecular weight is 433 g/mol. The molecule has 1 aliphatic heterocycles. The summed E-state index contributed by atoms with van der Waals surface area (Å²) in [5, 5.41) is 12.0. The van der Waals surface area contributed by atoms with Gasteiger partial charge in [-0.2, -0.15) is 0 Å². The lowest BCUT2D eigenvalue weighted by atomic mass is 10.00. The molecule has 1 fully saturated rings. The second-order valence-corrected chi connectivity index (χ2v) is 8.37. The molecule has 4 rings (SSSR count). The number of benzene rings is 2. The summed E-state index contributed by atoms with van der Waals surface area (Å²) in [6.45, 7) is 9.62. The SMILES string of the molecule is Cc1ccc(C2CN(C(=NCc3ccccc3)NCc3nnc(C)n3C)CCO2)c(C)c1. The normalized spacial score (nSPS) is 16.9. The Hall–Kier alpha value is -3.19. The highest BCUT2D eigenvalue weighted by atomic mass is 16.5. The molecule has 0 spiro atoms. The van der Waals surface area contributed by atoms with E-state index in [9.17, 15) is 0 Å². The largest absolute Gasteiger partial charge is 0.370 e. The van der Waals surface area contributed by atoms with Gasteiger partial charge in [0.1, 0.15) is 11.9 Å². The Morgan fingerprint density at radius 2 is 1.94 bits per heavy atom. The first-order valence-corrected chi connectivity index (χ1v) is 11.1. The van der Waals surface area contributed by atoms with Crippen molar-refractivity contribution in [2.45, 2.75) is 40.0 Å². The number of hydrogen-bond acceptors (Lipinski definition) is 4. The molecule has 1 aliphatic rings. The van der Waals surface area contributed by atoms with Gasteiger partial charge in [0.2, 0.25) is 0 Å². The fraction of sp³-hybridized carbons (Fsp3) is 0.400. The molecule has 0 radical (unpaired) electrons. The van der Waals surface area contributed by atoms with E-state index >= 15 is 0 Å². The van der Waals surface area contributed by atoms with Crippen molar-refractivity contribution in [2.75, 3.05) is 19.7 Å². The zero-order chi connectivity index (χ0) is 22.5. The van der Waals surface area contributed by atoms with Crippen LogP contribution in [0.5, 0.6) is 0 Å². The van der Waals surface area contributed by atoms with Crippen LogP contribution in [0.1, 0.15) is 40.0 Å². The highest BCUT2D eigenvalue weighted by Gasteiger charge is 2.25. The summed E-state index contributed by atoms with van der Waals surface area (Å²) in [7, 11) is 1.98. The molecule has 2 heterocycles. The van der Waals surface area contributed by atoms with Crippen molar-refractivity contribution in [2.24, 2.45) is 12.0 Å². The molecular formula is C25H32N6O. The molecular weight excluding hydrogens is 400 g/mol. The fourth-order valence-electron chi connectivity index (χ4n) is 4.00. The minimum atomic E-state index is 0.0187. The number of aromatic nitrogens is 3. The van der Waals surface area contributed by atoms with Crippen molar-refractivity contribution in [1.29, 1.82) is 0 Å². The summed E-state index contributed by atoms with van der Waals surface area (Å²) in [5.74, 6) is 2.65. The third-order valence-electron chi connectivity index (χ3n) is 5.98. The molecule has 0 aliphatic carbocycles. The van der Waals surface area contributed by atoms with E-state index in [1.807, 2.05) is 36.7 Å². The Balaban J connectivity index is 1.54. The fourth-order valence-corrected chi connectivity index (χ4v) is 4.00. The summed E-state index contributed by atoms with van der Waals surface area (Å²) < 4.78 is 8.16. The molecule has 1 saturated heterocycles. The van der Waals surface area contributed by atoms with Crippen molar-refractivity contribution in [3.63, 3.8) is 0 Å². The molecule has 0 amide bonds. The van der Waals surface area contributed by atoms with Crippen LogP contribution in [-0.4, -0.2) is 45.3 Å². The lowest BCUT2D eigenvalue weighted by Crippen LogP contribution is -2.48. The minimum Gasteiger partial charge on any atom is -0.370 e. The van der Waals surface area contributed by atoms with Crippen molar-refractivity contribution in [3.8, 4) is 0 Å². The summed E-state index contributed by atoms with van der Waals surface area (Å²) in [4.78, 5) is 7.24. The lowest BCUT2D eigenvalue weighted by Gasteiger charge is -2.36. The van der Waals surface area contributed by atoms with E-state index < -0.39 is 0 Å². The Kier molecular flexibility index (Phi) is 6.85. The maximum Gasteiger partial charge on any atom is 0.194 e. The van der Waals surface area contributed by atoms with Crippen molar-refractivity contribution in [1.82, 2.24) is 25.0 Å². The summed E-state index contributed by atoms with van der Waals surface area (Å²) in [6, 6.07) is 16.9. The molecule has 0 saturated carbocycles. The number of morpholine rings is 1. The number of aliphatic imine (C=N–C) groups is 1. The Bertz CT molecular complexity index is 1080. The van der Waals surface area contributed by atoms with Gasteiger partial charge in [0.15, 0.2) is 11.8 Å². The van der Waals surface area contributed by atoms with Crippen molar-refractivity contribution < 1.29 is 4.74 Å². The van der Waals surface area contributed by atoms with Gasteiger partial charge in [0, 0.05) is 13.6 Å². The van der Waals surface area contributed by atoms with Gasteiger partial charge in [-0.3, -0.25) is 0 Å². The molecule has 7 nitrogen and oxygen atoms in total. The molecule has 1 atom stereocenters. The number of hydrogen-bond donors (Lipinski definition) is 1. The monoisotopic (exact) mass is 432 g/mol. The zero-order valence-electron chi connectivity index (χ0n) is 19.4. The van der Waals surface area contributed by atoms with E-state index in [0.717, 1.165) is 30.7 Å². The predicted octanol–water partition coefficient (Wildman–Crippen LogP) is 3.46. The quantitative estimate of drug-likeness (QED) is 0.494. The first-order valence-electron chi connectivity index (χ1n) is 11.1. The van der Waals surface area contributed by atoms with Gasteiger partial charge < -0.3 is 19.5 Å². The van der Waals surface area contributed by atoms with Gasteiger partial charge in [-0.1, -0.05) is 54.1 Å². The van der Waals surface area contributed by atoms with E-state index in [-0.39, 0.29) is 6.10 Å². The van der Waals surface area contributed by atoms with Crippen LogP contribution in [0.25, 0.3) is 0 Å². The number of guanidine groups is 1. The number of nitrogens with one attached hydrogen (secondary N) is 1. The maximum atomic E-state index is 6.16. The maximum absolute atomic E-state index is 6.16. The molecule has 2 aromatic carbocycles. The zero-order valence-corrected chi connectivity index (χ0v) is 19.4. The number of aryl methyl sites for hydroxylation is 3. The highest BCUT2D eigenvalue weighted by Crippen LogP contribution is 2.26. The molecule has 7 heteroatoms. The number of rotatable bonds is 5. The van der Waals surface area contributed by atoms with Gasteiger partial charge >= 0.3 is 0 Å². The molecule has 1 aromatic heterocycles. The van der Waals surface area contributed by atoms with Crippen LogP contribution in [0.3, 0.4) is 0 Å². The third-order valence-corrected chi connectivity index (χ3v) is 5.98. The Morgan fingerprint density at radius 1 is 1.12 bits per heavy atom. The van der Waals surface area contributed by atoms with Gasteiger partial charge in [-0.15, -0.1) is 10.2 Å². The minimum absolute atomic E-state index is 0.0187. The van der Waals surface area contributed by atoms with Crippen LogP contribution in [0.15, 0.2) is 53.5 Å². The van der Waals surface area contributed by atoms with E-state index in [2.05, 4.69) is 64.6 Å². The smallest absolute Gasteiger partial charge is 0.194 e. The van der Waals surface area contributed by atoms with Crippen LogP contribution >= 0.6 is 0 Å². The van der Waals surface area contributed by atoms with E-state index in [0.29, 0.717) is 19.7 Å². The first-order chi connectivity index (χ1) is 15.5. The van der Waals surface area contributed by atoms with Crippen LogP contribution in [-0.2, 0) is 24.9 Å². The number of ether oxygens (including phenoxy) is 1. The summed E-state index contributed by atoms with van der Waals surface area (Å²) in [5.41, 5.74) is 4.96.